The van der Waals surface area contributed by atoms with Crippen molar-refractivity contribution in [2.75, 3.05) is 14.2 Å². The Balaban J connectivity index is 2.02. The predicted molar refractivity (Wildman–Crippen MR) is 99.7 cm³/mol. The fraction of sp³-hybridized carbons (Fsp3) is 0.333. The number of halogens is 2. The number of aromatic amines is 1. The van der Waals surface area contributed by atoms with Crippen molar-refractivity contribution in [3.05, 3.63) is 35.2 Å². The van der Waals surface area contributed by atoms with Crippen LogP contribution >= 0.6 is 0 Å². The minimum atomic E-state index is -3.07. The maximum Gasteiger partial charge on any atom is 0.387 e. The van der Waals surface area contributed by atoms with E-state index in [1.807, 2.05) is 19.9 Å². The molecule has 0 aliphatic carbocycles. The molecular formula is C18H19F2N3O4S. The molecule has 0 aliphatic rings. The zero-order valence-electron chi connectivity index (χ0n) is 15.7. The molecular weight excluding hydrogens is 392 g/mol. The van der Waals surface area contributed by atoms with Crippen molar-refractivity contribution in [2.45, 2.75) is 31.4 Å². The third-order valence-electron chi connectivity index (χ3n) is 4.07. The number of hydrogen-bond acceptors (Lipinski definition) is 6. The molecule has 0 fully saturated rings. The van der Waals surface area contributed by atoms with E-state index >= 15 is 0 Å². The van der Waals surface area contributed by atoms with Crippen molar-refractivity contribution in [1.82, 2.24) is 15.0 Å². The zero-order valence-corrected chi connectivity index (χ0v) is 16.5. The van der Waals surface area contributed by atoms with Gasteiger partial charge in [-0.2, -0.15) is 8.78 Å². The van der Waals surface area contributed by atoms with Crippen LogP contribution in [0.4, 0.5) is 8.78 Å². The Bertz CT molecular complexity index is 1040. The number of hydrogen-bond donors (Lipinski definition) is 1. The molecule has 3 aromatic rings. The van der Waals surface area contributed by atoms with Crippen LogP contribution in [0.5, 0.6) is 17.2 Å². The van der Waals surface area contributed by atoms with Crippen molar-refractivity contribution >= 4 is 21.8 Å². The number of imidazole rings is 1. The first-order valence-corrected chi connectivity index (χ1v) is 9.56. The van der Waals surface area contributed by atoms with Gasteiger partial charge in [0.15, 0.2) is 16.7 Å². The molecule has 150 valence electrons. The highest BCUT2D eigenvalue weighted by Crippen LogP contribution is 2.43. The van der Waals surface area contributed by atoms with Gasteiger partial charge < -0.3 is 19.2 Å². The van der Waals surface area contributed by atoms with Crippen LogP contribution in [0.15, 0.2) is 23.5 Å². The van der Waals surface area contributed by atoms with Crippen molar-refractivity contribution in [3.63, 3.8) is 0 Å². The van der Waals surface area contributed by atoms with E-state index in [4.69, 9.17) is 9.47 Å². The van der Waals surface area contributed by atoms with Gasteiger partial charge in [-0.15, -0.1) is 0 Å². The minimum Gasteiger partial charge on any atom is -0.493 e. The summed E-state index contributed by atoms with van der Waals surface area (Å²) in [6.45, 7) is 0.759. The van der Waals surface area contributed by atoms with Crippen molar-refractivity contribution in [3.8, 4) is 17.2 Å². The number of nitrogens with one attached hydrogen (secondary N) is 1. The summed E-state index contributed by atoms with van der Waals surface area (Å²) in [5.41, 5.74) is 3.27. The number of ether oxygens (including phenoxy) is 3. The van der Waals surface area contributed by atoms with E-state index in [1.54, 1.807) is 6.20 Å². The van der Waals surface area contributed by atoms with Crippen LogP contribution in [-0.4, -0.2) is 40.0 Å². The highest BCUT2D eigenvalue weighted by atomic mass is 32.2. The van der Waals surface area contributed by atoms with Crippen LogP contribution in [0.2, 0.25) is 0 Å². The number of alkyl halides is 2. The van der Waals surface area contributed by atoms with Gasteiger partial charge >= 0.3 is 6.61 Å². The van der Waals surface area contributed by atoms with E-state index in [-0.39, 0.29) is 33.7 Å². The number of nitrogens with zero attached hydrogens (tertiary/aromatic N) is 2. The molecule has 0 spiro atoms. The highest BCUT2D eigenvalue weighted by Gasteiger charge is 2.24. The van der Waals surface area contributed by atoms with Crippen LogP contribution in [0.3, 0.4) is 0 Å². The Kier molecular flexibility index (Phi) is 5.78. The highest BCUT2D eigenvalue weighted by molar-refractivity contribution is 7.84. The Morgan fingerprint density at radius 3 is 2.54 bits per heavy atom. The maximum atomic E-state index is 12.8. The Morgan fingerprint density at radius 1 is 1.18 bits per heavy atom. The molecule has 1 N–H and O–H groups in total. The van der Waals surface area contributed by atoms with Crippen LogP contribution in [0.1, 0.15) is 16.8 Å². The fourth-order valence-electron chi connectivity index (χ4n) is 2.79. The van der Waals surface area contributed by atoms with Crippen LogP contribution in [-0.2, 0) is 16.6 Å². The molecule has 28 heavy (non-hydrogen) atoms. The molecule has 1 aromatic carbocycles. The average molecular weight is 411 g/mol. The summed E-state index contributed by atoms with van der Waals surface area (Å²) in [4.78, 5) is 11.5. The minimum absolute atomic E-state index is 0.0289. The smallest absolute Gasteiger partial charge is 0.387 e. The quantitative estimate of drug-likeness (QED) is 0.640. The lowest BCUT2D eigenvalue weighted by Gasteiger charge is -2.13. The second-order valence-corrected chi connectivity index (χ2v) is 7.39. The second-order valence-electron chi connectivity index (χ2n) is 6.02. The SMILES string of the molecule is COc1cc2[nH]c(S(=O)Cc3ncc(C)cc3C)nc2c(OC)c1OC(F)F. The zero-order chi connectivity index (χ0) is 20.4. The molecule has 7 nitrogen and oxygen atoms in total. The number of pyridine rings is 1. The molecule has 3 rings (SSSR count). The van der Waals surface area contributed by atoms with Gasteiger partial charge in [0, 0.05) is 12.3 Å². The third kappa shape index (κ3) is 3.91. The number of benzene rings is 1. The van der Waals surface area contributed by atoms with Gasteiger partial charge in [-0.05, 0) is 25.0 Å². The van der Waals surface area contributed by atoms with Crippen molar-refractivity contribution in [1.29, 1.82) is 0 Å². The first-order chi connectivity index (χ1) is 13.3. The summed E-state index contributed by atoms with van der Waals surface area (Å²) < 4.78 is 53.2. The van der Waals surface area contributed by atoms with E-state index in [2.05, 4.69) is 19.7 Å². The molecule has 2 heterocycles. The fourth-order valence-corrected chi connectivity index (χ4v) is 3.90. The lowest BCUT2D eigenvalue weighted by atomic mass is 10.2. The van der Waals surface area contributed by atoms with E-state index in [1.165, 1.54) is 20.3 Å². The van der Waals surface area contributed by atoms with Crippen molar-refractivity contribution < 1.29 is 27.2 Å². The molecule has 0 saturated heterocycles. The standard InChI is InChI=1S/C18H19F2N3O4S/c1-9-5-10(2)12(21-7-9)8-28(24)18-22-11-6-13(25-3)15(27-17(19)20)16(26-4)14(11)23-18/h5-7,17H,8H2,1-4H3,(H,22,23). The first-order valence-electron chi connectivity index (χ1n) is 8.24. The monoisotopic (exact) mass is 411 g/mol. The molecule has 1 atom stereocenters. The number of rotatable bonds is 7. The Labute approximate surface area is 162 Å². The topological polar surface area (TPSA) is 86.3 Å². The molecule has 0 saturated carbocycles. The van der Waals surface area contributed by atoms with Gasteiger partial charge in [0.25, 0.3) is 0 Å². The van der Waals surface area contributed by atoms with Gasteiger partial charge in [-0.3, -0.25) is 9.19 Å². The molecule has 0 aliphatic heterocycles. The van der Waals surface area contributed by atoms with E-state index in [0.717, 1.165) is 11.1 Å². The van der Waals surface area contributed by atoms with Crippen molar-refractivity contribution in [2.24, 2.45) is 0 Å². The van der Waals surface area contributed by atoms with E-state index in [9.17, 15) is 13.0 Å². The third-order valence-corrected chi connectivity index (χ3v) is 5.23. The van der Waals surface area contributed by atoms with Gasteiger partial charge in [0.1, 0.15) is 5.52 Å². The predicted octanol–water partition coefficient (Wildman–Crippen LogP) is 3.50. The largest absolute Gasteiger partial charge is 0.493 e. The lowest BCUT2D eigenvalue weighted by Crippen LogP contribution is -2.05. The molecule has 0 amide bonds. The summed E-state index contributed by atoms with van der Waals surface area (Å²) >= 11 is 0. The first kappa shape index (κ1) is 20.0. The molecule has 2 aromatic heterocycles. The van der Waals surface area contributed by atoms with Gasteiger partial charge in [0.05, 0.1) is 42.0 Å². The summed E-state index contributed by atoms with van der Waals surface area (Å²) in [6.07, 6.45) is 1.71. The van der Waals surface area contributed by atoms with Crippen LogP contribution in [0, 0.1) is 13.8 Å². The molecule has 1 unspecified atom stereocenters. The second kappa shape index (κ2) is 8.09. The lowest BCUT2D eigenvalue weighted by molar-refractivity contribution is -0.0524. The van der Waals surface area contributed by atoms with Crippen LogP contribution < -0.4 is 14.2 Å². The molecule has 0 radical (unpaired) electrons. The average Bonchev–Trinajstić information content (AvgIpc) is 3.06. The number of H-pyrrole nitrogens is 1. The normalized spacial score (nSPS) is 12.4. The number of methoxy groups -OCH3 is 2. The number of aromatic nitrogens is 3. The Hall–Kier alpha value is -2.75. The van der Waals surface area contributed by atoms with Gasteiger partial charge in [-0.1, -0.05) is 6.07 Å². The summed E-state index contributed by atoms with van der Waals surface area (Å²) in [6, 6.07) is 3.40. The summed E-state index contributed by atoms with van der Waals surface area (Å²) in [7, 11) is 1.09. The van der Waals surface area contributed by atoms with Crippen LogP contribution in [0.25, 0.3) is 11.0 Å². The Morgan fingerprint density at radius 2 is 1.93 bits per heavy atom. The molecule has 10 heteroatoms. The van der Waals surface area contributed by atoms with Gasteiger partial charge in [-0.25, -0.2) is 4.98 Å². The molecule has 0 bridgehead atoms. The maximum absolute atomic E-state index is 12.8. The van der Waals surface area contributed by atoms with E-state index in [0.29, 0.717) is 11.2 Å². The number of aryl methyl sites for hydroxylation is 2. The van der Waals surface area contributed by atoms with Gasteiger partial charge in [0.2, 0.25) is 5.75 Å². The van der Waals surface area contributed by atoms with E-state index < -0.39 is 17.4 Å². The summed E-state index contributed by atoms with van der Waals surface area (Å²) in [5.74, 6) is -0.0981. The summed E-state index contributed by atoms with van der Waals surface area (Å²) in [5, 5.41) is 0.173. The number of fused-ring (bicyclic) bond motifs is 1.